The second kappa shape index (κ2) is 5.07. The first-order chi connectivity index (χ1) is 9.26. The number of hydrogen-bond acceptors (Lipinski definition) is 4. The van der Waals surface area contributed by atoms with Crippen LogP contribution in [0.25, 0.3) is 11.5 Å². The molecule has 0 unspecified atom stereocenters. The lowest BCUT2D eigenvalue weighted by atomic mass is 10.2. The van der Waals surface area contributed by atoms with E-state index in [2.05, 4.69) is 9.97 Å². The zero-order chi connectivity index (χ0) is 14.9. The van der Waals surface area contributed by atoms with Crippen molar-refractivity contribution in [2.75, 3.05) is 0 Å². The standard InChI is InChI=1S/C15H19N3O2/c1-10-9-11(2)17-13(16-10)12-7-6-8-18(12)14(19)20-15(3,4)5/h6-9H,1-5H3. The number of aromatic nitrogens is 3. The Kier molecular flexibility index (Phi) is 3.61. The Morgan fingerprint density at radius 1 is 1.20 bits per heavy atom. The van der Waals surface area contributed by atoms with E-state index in [9.17, 15) is 4.79 Å². The number of nitrogens with zero attached hydrogens (tertiary/aromatic N) is 3. The van der Waals surface area contributed by atoms with Crippen molar-refractivity contribution in [3.05, 3.63) is 35.8 Å². The minimum Gasteiger partial charge on any atom is -0.443 e. The molecule has 0 radical (unpaired) electrons. The van der Waals surface area contributed by atoms with Crippen LogP contribution in [0, 0.1) is 13.8 Å². The van der Waals surface area contributed by atoms with Crippen molar-refractivity contribution < 1.29 is 9.53 Å². The molecule has 5 heteroatoms. The Morgan fingerprint density at radius 2 is 1.80 bits per heavy atom. The molecule has 0 aliphatic rings. The van der Waals surface area contributed by atoms with Gasteiger partial charge in [0.25, 0.3) is 0 Å². The minimum absolute atomic E-state index is 0.430. The highest BCUT2D eigenvalue weighted by Crippen LogP contribution is 2.19. The van der Waals surface area contributed by atoms with Crippen LogP contribution in [0.5, 0.6) is 0 Å². The van der Waals surface area contributed by atoms with Gasteiger partial charge in [0, 0.05) is 17.6 Å². The summed E-state index contributed by atoms with van der Waals surface area (Å²) in [4.78, 5) is 20.9. The summed E-state index contributed by atoms with van der Waals surface area (Å²) in [6.45, 7) is 9.31. The molecular weight excluding hydrogens is 254 g/mol. The molecule has 0 aliphatic heterocycles. The molecule has 0 amide bonds. The van der Waals surface area contributed by atoms with Gasteiger partial charge in [0.15, 0.2) is 5.82 Å². The molecule has 20 heavy (non-hydrogen) atoms. The maximum atomic E-state index is 12.2. The molecule has 0 bridgehead atoms. The molecule has 0 aromatic carbocycles. The van der Waals surface area contributed by atoms with Gasteiger partial charge in [-0.05, 0) is 52.8 Å². The molecule has 0 atom stereocenters. The van der Waals surface area contributed by atoms with E-state index in [1.54, 1.807) is 18.3 Å². The molecule has 2 rings (SSSR count). The van der Waals surface area contributed by atoms with Gasteiger partial charge in [0.05, 0.1) is 5.69 Å². The molecular formula is C15H19N3O2. The Labute approximate surface area is 118 Å². The maximum Gasteiger partial charge on any atom is 0.419 e. The third-order valence-corrected chi connectivity index (χ3v) is 2.55. The molecule has 0 spiro atoms. The van der Waals surface area contributed by atoms with E-state index in [1.807, 2.05) is 40.7 Å². The van der Waals surface area contributed by atoms with E-state index in [0.717, 1.165) is 11.4 Å². The second-order valence-electron chi connectivity index (χ2n) is 5.72. The van der Waals surface area contributed by atoms with Crippen LogP contribution in [0.15, 0.2) is 24.4 Å². The molecule has 0 saturated carbocycles. The predicted molar refractivity (Wildman–Crippen MR) is 76.6 cm³/mol. The zero-order valence-corrected chi connectivity index (χ0v) is 12.5. The average Bonchev–Trinajstić information content (AvgIpc) is 2.73. The number of carbonyl (C=O) groups excluding carboxylic acids is 1. The largest absolute Gasteiger partial charge is 0.443 e. The van der Waals surface area contributed by atoms with Crippen molar-refractivity contribution in [3.63, 3.8) is 0 Å². The molecule has 0 saturated heterocycles. The Hall–Kier alpha value is -2.17. The number of carbonyl (C=O) groups is 1. The fourth-order valence-corrected chi connectivity index (χ4v) is 1.87. The van der Waals surface area contributed by atoms with Crippen LogP contribution in [0.1, 0.15) is 32.2 Å². The number of hydrogen-bond donors (Lipinski definition) is 0. The van der Waals surface area contributed by atoms with E-state index in [1.165, 1.54) is 4.57 Å². The van der Waals surface area contributed by atoms with E-state index in [4.69, 9.17) is 4.74 Å². The fraction of sp³-hybridized carbons (Fsp3) is 0.400. The molecule has 5 nitrogen and oxygen atoms in total. The van der Waals surface area contributed by atoms with Crippen LogP contribution >= 0.6 is 0 Å². The Bertz CT molecular complexity index is 619. The normalized spacial score (nSPS) is 11.4. The average molecular weight is 273 g/mol. The molecule has 0 N–H and O–H groups in total. The predicted octanol–water partition coefficient (Wildman–Crippen LogP) is 3.35. The highest BCUT2D eigenvalue weighted by Gasteiger charge is 2.20. The summed E-state index contributed by atoms with van der Waals surface area (Å²) in [5.74, 6) is 0.526. The van der Waals surface area contributed by atoms with Gasteiger partial charge in [-0.25, -0.2) is 19.3 Å². The molecule has 2 aromatic heterocycles. The molecule has 2 heterocycles. The summed E-state index contributed by atoms with van der Waals surface area (Å²) >= 11 is 0. The van der Waals surface area contributed by atoms with Crippen LogP contribution in [0.4, 0.5) is 4.79 Å². The van der Waals surface area contributed by atoms with Crippen LogP contribution in [-0.4, -0.2) is 26.2 Å². The van der Waals surface area contributed by atoms with Gasteiger partial charge in [-0.2, -0.15) is 0 Å². The lowest BCUT2D eigenvalue weighted by Gasteiger charge is -2.20. The van der Waals surface area contributed by atoms with E-state index < -0.39 is 11.7 Å². The maximum absolute atomic E-state index is 12.2. The van der Waals surface area contributed by atoms with Crippen molar-refractivity contribution in [3.8, 4) is 11.5 Å². The first-order valence-electron chi connectivity index (χ1n) is 6.49. The summed E-state index contributed by atoms with van der Waals surface area (Å²) < 4.78 is 6.80. The molecule has 106 valence electrons. The third-order valence-electron chi connectivity index (χ3n) is 2.55. The SMILES string of the molecule is Cc1cc(C)nc(-c2cccn2C(=O)OC(C)(C)C)n1. The minimum atomic E-state index is -0.540. The topological polar surface area (TPSA) is 57.0 Å². The smallest absolute Gasteiger partial charge is 0.419 e. The quantitative estimate of drug-likeness (QED) is 0.799. The Balaban J connectivity index is 2.40. The van der Waals surface area contributed by atoms with Gasteiger partial charge < -0.3 is 4.74 Å². The van der Waals surface area contributed by atoms with Gasteiger partial charge in [-0.15, -0.1) is 0 Å². The summed E-state index contributed by atoms with van der Waals surface area (Å²) in [5.41, 5.74) is 1.82. The van der Waals surface area contributed by atoms with Gasteiger partial charge in [0.1, 0.15) is 5.60 Å². The molecule has 0 fully saturated rings. The monoisotopic (exact) mass is 273 g/mol. The summed E-state index contributed by atoms with van der Waals surface area (Å²) in [6, 6.07) is 5.47. The number of rotatable bonds is 1. The van der Waals surface area contributed by atoms with Crippen molar-refractivity contribution in [1.82, 2.24) is 14.5 Å². The summed E-state index contributed by atoms with van der Waals surface area (Å²) in [5, 5.41) is 0. The highest BCUT2D eigenvalue weighted by atomic mass is 16.6. The first kappa shape index (κ1) is 14.2. The zero-order valence-electron chi connectivity index (χ0n) is 12.5. The van der Waals surface area contributed by atoms with Gasteiger partial charge >= 0.3 is 6.09 Å². The molecule has 0 aliphatic carbocycles. The highest BCUT2D eigenvalue weighted by molar-refractivity contribution is 5.77. The number of ether oxygens (including phenoxy) is 1. The second-order valence-corrected chi connectivity index (χ2v) is 5.72. The van der Waals surface area contributed by atoms with Gasteiger partial charge in [-0.3, -0.25) is 0 Å². The summed E-state index contributed by atoms with van der Waals surface area (Å²) in [7, 11) is 0. The van der Waals surface area contributed by atoms with E-state index >= 15 is 0 Å². The lowest BCUT2D eigenvalue weighted by molar-refractivity contribution is 0.0540. The molecule has 2 aromatic rings. The van der Waals surface area contributed by atoms with Crippen molar-refractivity contribution in [2.45, 2.75) is 40.2 Å². The first-order valence-corrected chi connectivity index (χ1v) is 6.49. The van der Waals surface area contributed by atoms with Crippen molar-refractivity contribution in [1.29, 1.82) is 0 Å². The van der Waals surface area contributed by atoms with Crippen LogP contribution in [0.2, 0.25) is 0 Å². The van der Waals surface area contributed by atoms with Crippen LogP contribution in [0.3, 0.4) is 0 Å². The van der Waals surface area contributed by atoms with Crippen molar-refractivity contribution in [2.24, 2.45) is 0 Å². The van der Waals surface area contributed by atoms with Crippen molar-refractivity contribution >= 4 is 6.09 Å². The van der Waals surface area contributed by atoms with Crippen LogP contribution in [-0.2, 0) is 4.74 Å². The van der Waals surface area contributed by atoms with E-state index in [0.29, 0.717) is 11.5 Å². The van der Waals surface area contributed by atoms with Crippen LogP contribution < -0.4 is 0 Å². The fourth-order valence-electron chi connectivity index (χ4n) is 1.87. The van der Waals surface area contributed by atoms with Gasteiger partial charge in [-0.1, -0.05) is 0 Å². The summed E-state index contributed by atoms with van der Waals surface area (Å²) in [6.07, 6.45) is 1.23. The van der Waals surface area contributed by atoms with E-state index in [-0.39, 0.29) is 0 Å². The third kappa shape index (κ3) is 3.23. The van der Waals surface area contributed by atoms with Gasteiger partial charge in [0.2, 0.25) is 0 Å². The lowest BCUT2D eigenvalue weighted by Crippen LogP contribution is -2.27. The Morgan fingerprint density at radius 3 is 2.35 bits per heavy atom. The number of aryl methyl sites for hydroxylation is 2.